The molecule has 0 bridgehead atoms. The zero-order valence-corrected chi connectivity index (χ0v) is 25.0. The number of hydrogen-bond donors (Lipinski definition) is 2. The Morgan fingerprint density at radius 3 is 2.38 bits per heavy atom. The normalized spacial score (nSPS) is 17.8. The lowest BCUT2D eigenvalue weighted by Crippen LogP contribution is -2.52. The second kappa shape index (κ2) is 11.8. The Bertz CT molecular complexity index is 1350. The fourth-order valence-electron chi connectivity index (χ4n) is 5.57. The summed E-state index contributed by atoms with van der Waals surface area (Å²) in [5.74, 6) is 0.905. The first-order valence-electron chi connectivity index (χ1n) is 13.7. The van der Waals surface area contributed by atoms with Gasteiger partial charge in [-0.3, -0.25) is 4.90 Å². The van der Waals surface area contributed by atoms with Crippen LogP contribution in [0.15, 0.2) is 48.7 Å². The van der Waals surface area contributed by atoms with Gasteiger partial charge in [0.1, 0.15) is 12.2 Å². The molecule has 5 rings (SSSR count). The van der Waals surface area contributed by atoms with Crippen molar-refractivity contribution in [3.8, 4) is 0 Å². The predicted molar refractivity (Wildman–Crippen MR) is 165 cm³/mol. The predicted octanol–water partition coefficient (Wildman–Crippen LogP) is 5.39. The van der Waals surface area contributed by atoms with E-state index in [0.717, 1.165) is 29.8 Å². The summed E-state index contributed by atoms with van der Waals surface area (Å²) in [4.78, 5) is 16.6. The lowest BCUT2D eigenvalue weighted by Gasteiger charge is -2.43. The minimum absolute atomic E-state index is 0.392. The molecule has 3 aromatic rings. The van der Waals surface area contributed by atoms with Crippen LogP contribution in [0.1, 0.15) is 18.4 Å². The molecule has 8 nitrogen and oxygen atoms in total. The third-order valence-electron chi connectivity index (χ3n) is 7.79. The maximum Gasteiger partial charge on any atom is 0.229 e. The van der Waals surface area contributed by atoms with Crippen LogP contribution < -0.4 is 20.8 Å². The van der Waals surface area contributed by atoms with Gasteiger partial charge in [0.05, 0.1) is 11.9 Å². The Morgan fingerprint density at radius 1 is 0.974 bits per heavy atom. The van der Waals surface area contributed by atoms with Gasteiger partial charge in [-0.1, -0.05) is 23.7 Å². The van der Waals surface area contributed by atoms with E-state index in [9.17, 15) is 4.57 Å². The van der Waals surface area contributed by atoms with Gasteiger partial charge in [-0.25, -0.2) is 4.98 Å². The molecule has 0 spiro atoms. The molecule has 0 radical (unpaired) electrons. The summed E-state index contributed by atoms with van der Waals surface area (Å²) in [6, 6.07) is 14.7. The largest absolute Gasteiger partial charge is 0.371 e. The standard InChI is InChI=1S/C29H39ClN7OP/c1-21-19-22(9-10-26(21)37-13-11-23(12-14-37)36-17-15-35(2)16-18-36)32-29-31-20-24(30)28(34-29)33-25-7-5-6-8-27(25)39(3,4)38/h5-10,19-20,23H,11-18H2,1-4H3,(H2,31,32,33,34). The minimum atomic E-state index is -2.48. The van der Waals surface area contributed by atoms with E-state index in [-0.39, 0.29) is 0 Å². The number of hydrogen-bond acceptors (Lipinski definition) is 8. The quantitative estimate of drug-likeness (QED) is 0.368. The first-order chi connectivity index (χ1) is 18.7. The monoisotopic (exact) mass is 567 g/mol. The summed E-state index contributed by atoms with van der Waals surface area (Å²) in [7, 11) is -0.266. The number of aromatic nitrogens is 2. The van der Waals surface area contributed by atoms with Crippen LogP contribution in [0.5, 0.6) is 0 Å². The van der Waals surface area contributed by atoms with Crippen LogP contribution in [0.25, 0.3) is 0 Å². The first-order valence-corrected chi connectivity index (χ1v) is 16.6. The van der Waals surface area contributed by atoms with Crippen LogP contribution in [-0.2, 0) is 4.57 Å². The highest BCUT2D eigenvalue weighted by Crippen LogP contribution is 2.38. The molecular weight excluding hydrogens is 529 g/mol. The number of nitrogens with one attached hydrogen (secondary N) is 2. The molecule has 10 heteroatoms. The molecule has 0 saturated carbocycles. The lowest BCUT2D eigenvalue weighted by molar-refractivity contribution is 0.0982. The molecule has 3 heterocycles. The highest BCUT2D eigenvalue weighted by atomic mass is 35.5. The minimum Gasteiger partial charge on any atom is -0.371 e. The van der Waals surface area contributed by atoms with Crippen molar-refractivity contribution in [1.29, 1.82) is 0 Å². The van der Waals surface area contributed by atoms with Gasteiger partial charge in [0, 0.05) is 62.0 Å². The Balaban J connectivity index is 1.24. The molecule has 2 N–H and O–H groups in total. The molecule has 1 aromatic heterocycles. The van der Waals surface area contributed by atoms with Crippen molar-refractivity contribution >= 4 is 52.9 Å². The average Bonchev–Trinajstić information content (AvgIpc) is 2.91. The Morgan fingerprint density at radius 2 is 1.69 bits per heavy atom. The molecule has 0 unspecified atom stereocenters. The first kappa shape index (κ1) is 27.9. The number of piperidine rings is 1. The van der Waals surface area contributed by atoms with E-state index < -0.39 is 7.14 Å². The fourth-order valence-corrected chi connectivity index (χ4v) is 6.86. The second-order valence-electron chi connectivity index (χ2n) is 11.1. The summed E-state index contributed by atoms with van der Waals surface area (Å²) in [5.41, 5.74) is 4.16. The van der Waals surface area contributed by atoms with Gasteiger partial charge in [-0.2, -0.15) is 4.98 Å². The summed E-state index contributed by atoms with van der Waals surface area (Å²) in [5, 5.41) is 7.73. The number of benzene rings is 2. The molecule has 2 aliphatic heterocycles. The average molecular weight is 568 g/mol. The topological polar surface area (TPSA) is 76.6 Å². The maximum atomic E-state index is 12.8. The number of anilines is 5. The van der Waals surface area contributed by atoms with E-state index in [1.807, 2.05) is 24.3 Å². The van der Waals surface area contributed by atoms with Gasteiger partial charge in [-0.15, -0.1) is 0 Å². The van der Waals surface area contributed by atoms with Crippen molar-refractivity contribution in [2.24, 2.45) is 0 Å². The third-order valence-corrected chi connectivity index (χ3v) is 9.62. The van der Waals surface area contributed by atoms with E-state index in [0.29, 0.717) is 22.8 Å². The van der Waals surface area contributed by atoms with Gasteiger partial charge < -0.3 is 25.0 Å². The van der Waals surface area contributed by atoms with Crippen molar-refractivity contribution in [2.75, 3.05) is 75.2 Å². The maximum absolute atomic E-state index is 12.8. The molecular formula is C29H39ClN7OP. The number of piperazine rings is 1. The van der Waals surface area contributed by atoms with Gasteiger partial charge in [0.25, 0.3) is 0 Å². The number of rotatable bonds is 7. The Hall–Kier alpha value is -2.64. The smallest absolute Gasteiger partial charge is 0.229 e. The third kappa shape index (κ3) is 6.75. The van der Waals surface area contributed by atoms with Gasteiger partial charge >= 0.3 is 0 Å². The van der Waals surface area contributed by atoms with E-state index in [1.54, 1.807) is 19.5 Å². The van der Waals surface area contributed by atoms with Crippen molar-refractivity contribution in [1.82, 2.24) is 19.8 Å². The Labute approximate surface area is 237 Å². The molecule has 208 valence electrons. The summed E-state index contributed by atoms with van der Waals surface area (Å²) in [6.45, 7) is 12.6. The van der Waals surface area contributed by atoms with Gasteiger partial charge in [0.2, 0.25) is 5.95 Å². The number of likely N-dealkylation sites (N-methyl/N-ethyl adjacent to an activating group) is 1. The summed E-state index contributed by atoms with van der Waals surface area (Å²) < 4.78 is 12.8. The van der Waals surface area contributed by atoms with E-state index in [2.05, 4.69) is 67.5 Å². The highest BCUT2D eigenvalue weighted by Gasteiger charge is 2.27. The number of halogens is 1. The molecule has 0 amide bonds. The van der Waals surface area contributed by atoms with Crippen LogP contribution in [0.4, 0.5) is 28.8 Å². The summed E-state index contributed by atoms with van der Waals surface area (Å²) in [6.07, 6.45) is 4.00. The van der Waals surface area contributed by atoms with Crippen LogP contribution >= 0.6 is 18.7 Å². The van der Waals surface area contributed by atoms with Gasteiger partial charge in [0.15, 0.2) is 5.82 Å². The number of para-hydroxylation sites is 1. The second-order valence-corrected chi connectivity index (χ2v) is 14.7. The van der Waals surface area contributed by atoms with Crippen LogP contribution in [-0.4, -0.2) is 85.5 Å². The fraction of sp³-hybridized carbons (Fsp3) is 0.448. The lowest BCUT2D eigenvalue weighted by atomic mass is 10.0. The van der Waals surface area contributed by atoms with Crippen molar-refractivity contribution < 1.29 is 4.57 Å². The SMILES string of the molecule is Cc1cc(Nc2ncc(Cl)c(Nc3ccccc3P(C)(C)=O)n2)ccc1N1CCC(N2CCN(C)CC2)CC1. The summed E-state index contributed by atoms with van der Waals surface area (Å²) >= 11 is 6.42. The molecule has 2 aliphatic rings. The molecule has 2 fully saturated rings. The van der Waals surface area contributed by atoms with Crippen LogP contribution in [0.3, 0.4) is 0 Å². The highest BCUT2D eigenvalue weighted by molar-refractivity contribution is 7.70. The molecule has 0 atom stereocenters. The van der Waals surface area contributed by atoms with Crippen LogP contribution in [0.2, 0.25) is 5.02 Å². The molecule has 0 aliphatic carbocycles. The molecule has 2 saturated heterocycles. The number of nitrogens with zero attached hydrogens (tertiary/aromatic N) is 5. The van der Waals surface area contributed by atoms with Crippen molar-refractivity contribution in [3.05, 3.63) is 59.2 Å². The zero-order valence-electron chi connectivity index (χ0n) is 23.3. The van der Waals surface area contributed by atoms with Crippen LogP contribution in [0, 0.1) is 6.92 Å². The van der Waals surface area contributed by atoms with E-state index >= 15 is 0 Å². The van der Waals surface area contributed by atoms with Crippen molar-refractivity contribution in [2.45, 2.75) is 25.8 Å². The van der Waals surface area contributed by atoms with E-state index in [4.69, 9.17) is 11.6 Å². The Kier molecular flexibility index (Phi) is 8.48. The molecule has 39 heavy (non-hydrogen) atoms. The van der Waals surface area contributed by atoms with E-state index in [1.165, 1.54) is 50.3 Å². The van der Waals surface area contributed by atoms with Gasteiger partial charge in [-0.05, 0) is 76.0 Å². The number of aryl methyl sites for hydroxylation is 1. The molecule has 2 aromatic carbocycles. The zero-order chi connectivity index (χ0) is 27.6. The van der Waals surface area contributed by atoms with Crippen molar-refractivity contribution in [3.63, 3.8) is 0 Å².